The number of nitrogens with zero attached hydrogens (tertiary/aromatic N) is 4. The molecule has 2 aliphatic heterocycles. The second-order valence-electron chi connectivity index (χ2n) is 8.18. The number of anilines is 2. The molecule has 0 amide bonds. The zero-order chi connectivity index (χ0) is 19.2. The van der Waals surface area contributed by atoms with Crippen molar-refractivity contribution in [2.75, 3.05) is 9.80 Å². The topological polar surface area (TPSA) is 13.0 Å². The molecular formula is C22H34N4. The highest BCUT2D eigenvalue weighted by molar-refractivity contribution is 5.72. The van der Waals surface area contributed by atoms with Crippen molar-refractivity contribution in [3.63, 3.8) is 0 Å². The van der Waals surface area contributed by atoms with Crippen LogP contribution in [0.3, 0.4) is 0 Å². The molecule has 0 aromatic heterocycles. The van der Waals surface area contributed by atoms with E-state index in [0.717, 1.165) is 0 Å². The summed E-state index contributed by atoms with van der Waals surface area (Å²) in [5.74, 6) is 0. The lowest BCUT2D eigenvalue weighted by Crippen LogP contribution is -2.41. The van der Waals surface area contributed by atoms with E-state index in [1.165, 1.54) is 22.5 Å². The van der Waals surface area contributed by atoms with Crippen LogP contribution in [0, 0.1) is 13.8 Å². The first-order valence-electron chi connectivity index (χ1n) is 9.81. The lowest BCUT2D eigenvalue weighted by Gasteiger charge is -2.36. The molecule has 1 aromatic carbocycles. The molecule has 0 spiro atoms. The van der Waals surface area contributed by atoms with Gasteiger partial charge in [0.05, 0.1) is 0 Å². The third kappa shape index (κ3) is 3.06. The molecule has 1 aromatic rings. The Morgan fingerprint density at radius 3 is 1.38 bits per heavy atom. The molecule has 0 saturated heterocycles. The van der Waals surface area contributed by atoms with E-state index >= 15 is 0 Å². The van der Waals surface area contributed by atoms with Gasteiger partial charge >= 0.3 is 0 Å². The summed E-state index contributed by atoms with van der Waals surface area (Å²) in [6.07, 6.45) is 9.55. The Balaban J connectivity index is 1.96. The number of benzene rings is 1. The SMILES string of the molecule is Cc1cc(N2C=CN(C(C)C)[C@@H]2C)c(C)c(N2C=CN(C(C)C)[C@H]2C)c1. The Bertz CT molecular complexity index is 662. The van der Waals surface area contributed by atoms with Gasteiger partial charge < -0.3 is 19.6 Å². The quantitative estimate of drug-likeness (QED) is 0.754. The van der Waals surface area contributed by atoms with Crippen molar-refractivity contribution in [3.05, 3.63) is 48.1 Å². The molecular weight excluding hydrogens is 320 g/mol. The minimum atomic E-state index is 0.335. The van der Waals surface area contributed by atoms with Crippen LogP contribution >= 0.6 is 0 Å². The fourth-order valence-electron chi connectivity index (χ4n) is 4.21. The van der Waals surface area contributed by atoms with Gasteiger partial charge in [0, 0.05) is 48.3 Å². The fraction of sp³-hybridized carbons (Fsp3) is 0.545. The van der Waals surface area contributed by atoms with E-state index in [0.29, 0.717) is 24.4 Å². The summed E-state index contributed by atoms with van der Waals surface area (Å²) in [6.45, 7) is 18.0. The van der Waals surface area contributed by atoms with E-state index in [1.54, 1.807) is 0 Å². The third-order valence-corrected chi connectivity index (χ3v) is 5.71. The number of hydrogen-bond donors (Lipinski definition) is 0. The van der Waals surface area contributed by atoms with Gasteiger partial charge in [-0.05, 0) is 78.6 Å². The summed E-state index contributed by atoms with van der Waals surface area (Å²) in [5.41, 5.74) is 5.23. The predicted octanol–water partition coefficient (Wildman–Crippen LogP) is 5.00. The van der Waals surface area contributed by atoms with E-state index in [2.05, 4.69) is 112 Å². The fourth-order valence-corrected chi connectivity index (χ4v) is 4.21. The monoisotopic (exact) mass is 354 g/mol. The Kier molecular flexibility index (Phi) is 4.96. The lowest BCUT2D eigenvalue weighted by atomic mass is 10.1. The highest BCUT2D eigenvalue weighted by Crippen LogP contribution is 2.37. The highest BCUT2D eigenvalue weighted by atomic mass is 15.4. The average Bonchev–Trinajstić information content (AvgIpc) is 3.12. The first-order valence-corrected chi connectivity index (χ1v) is 9.81. The van der Waals surface area contributed by atoms with Crippen molar-refractivity contribution in [1.29, 1.82) is 0 Å². The molecule has 4 nitrogen and oxygen atoms in total. The first-order chi connectivity index (χ1) is 12.2. The van der Waals surface area contributed by atoms with Crippen LogP contribution in [0.5, 0.6) is 0 Å². The summed E-state index contributed by atoms with van der Waals surface area (Å²) >= 11 is 0. The molecule has 0 radical (unpaired) electrons. The van der Waals surface area contributed by atoms with Crippen molar-refractivity contribution >= 4 is 11.4 Å². The second-order valence-corrected chi connectivity index (χ2v) is 8.18. The van der Waals surface area contributed by atoms with E-state index in [-0.39, 0.29) is 0 Å². The maximum absolute atomic E-state index is 2.40. The summed E-state index contributed by atoms with van der Waals surface area (Å²) < 4.78 is 0. The number of hydrogen-bond acceptors (Lipinski definition) is 4. The Morgan fingerprint density at radius 2 is 1.08 bits per heavy atom. The van der Waals surface area contributed by atoms with Crippen LogP contribution < -0.4 is 9.80 Å². The predicted molar refractivity (Wildman–Crippen MR) is 112 cm³/mol. The van der Waals surface area contributed by atoms with Gasteiger partial charge in [-0.15, -0.1) is 0 Å². The Hall–Kier alpha value is -2.10. The van der Waals surface area contributed by atoms with Crippen molar-refractivity contribution in [2.24, 2.45) is 0 Å². The normalized spacial score (nSPS) is 22.7. The van der Waals surface area contributed by atoms with Crippen LogP contribution in [0.1, 0.15) is 52.7 Å². The maximum atomic E-state index is 2.40. The van der Waals surface area contributed by atoms with Gasteiger partial charge in [-0.1, -0.05) is 0 Å². The Morgan fingerprint density at radius 1 is 0.692 bits per heavy atom. The minimum absolute atomic E-state index is 0.335. The summed E-state index contributed by atoms with van der Waals surface area (Å²) in [7, 11) is 0. The van der Waals surface area contributed by atoms with Crippen molar-refractivity contribution < 1.29 is 0 Å². The minimum Gasteiger partial charge on any atom is -0.353 e. The van der Waals surface area contributed by atoms with Crippen molar-refractivity contribution in [1.82, 2.24) is 9.80 Å². The first kappa shape index (κ1) is 18.7. The average molecular weight is 355 g/mol. The van der Waals surface area contributed by atoms with Gasteiger partial charge in [-0.3, -0.25) is 0 Å². The van der Waals surface area contributed by atoms with Gasteiger partial charge in [0.2, 0.25) is 0 Å². The van der Waals surface area contributed by atoms with Crippen LogP contribution in [0.25, 0.3) is 0 Å². The molecule has 0 N–H and O–H groups in total. The van der Waals surface area contributed by atoms with Crippen LogP contribution in [0.2, 0.25) is 0 Å². The van der Waals surface area contributed by atoms with Crippen molar-refractivity contribution in [2.45, 2.75) is 79.8 Å². The zero-order valence-electron chi connectivity index (χ0n) is 17.6. The lowest BCUT2D eigenvalue weighted by molar-refractivity contribution is 0.263. The van der Waals surface area contributed by atoms with Crippen LogP contribution in [-0.4, -0.2) is 34.2 Å². The molecule has 4 heteroatoms. The smallest absolute Gasteiger partial charge is 0.103 e. The summed E-state index contributed by atoms with van der Waals surface area (Å²) in [5, 5.41) is 0. The zero-order valence-corrected chi connectivity index (χ0v) is 17.6. The van der Waals surface area contributed by atoms with Gasteiger partial charge in [0.25, 0.3) is 0 Å². The molecule has 26 heavy (non-hydrogen) atoms. The molecule has 0 unspecified atom stereocenters. The van der Waals surface area contributed by atoms with Gasteiger partial charge in [-0.2, -0.15) is 0 Å². The molecule has 2 aliphatic rings. The van der Waals surface area contributed by atoms with Gasteiger partial charge in [0.15, 0.2) is 0 Å². The maximum Gasteiger partial charge on any atom is 0.103 e. The third-order valence-electron chi connectivity index (χ3n) is 5.71. The molecule has 0 fully saturated rings. The number of rotatable bonds is 4. The van der Waals surface area contributed by atoms with Crippen LogP contribution in [0.4, 0.5) is 11.4 Å². The van der Waals surface area contributed by atoms with Crippen molar-refractivity contribution in [3.8, 4) is 0 Å². The summed E-state index contributed by atoms with van der Waals surface area (Å²) in [4.78, 5) is 9.60. The second kappa shape index (κ2) is 6.90. The summed E-state index contributed by atoms with van der Waals surface area (Å²) in [6, 6.07) is 5.62. The number of aryl methyl sites for hydroxylation is 1. The van der Waals surface area contributed by atoms with E-state index in [1.807, 2.05) is 0 Å². The van der Waals surface area contributed by atoms with E-state index < -0.39 is 0 Å². The molecule has 2 heterocycles. The molecule has 0 saturated carbocycles. The molecule has 142 valence electrons. The van der Waals surface area contributed by atoms with Gasteiger partial charge in [-0.25, -0.2) is 0 Å². The van der Waals surface area contributed by atoms with E-state index in [4.69, 9.17) is 0 Å². The standard InChI is InChI=1S/C22H34N4/c1-15(2)23-9-11-25(19(23)7)21-13-17(5)14-22(18(21)6)26-12-10-24(16(3)4)20(26)8/h9-16,19-20H,1-8H3/t19-,20+. The highest BCUT2D eigenvalue weighted by Gasteiger charge is 2.30. The molecule has 3 rings (SSSR count). The Labute approximate surface area is 159 Å². The van der Waals surface area contributed by atoms with Gasteiger partial charge in [0.1, 0.15) is 12.3 Å². The van der Waals surface area contributed by atoms with Crippen LogP contribution in [-0.2, 0) is 0 Å². The molecule has 2 atom stereocenters. The van der Waals surface area contributed by atoms with Crippen LogP contribution in [0.15, 0.2) is 36.9 Å². The molecule has 0 aliphatic carbocycles. The largest absolute Gasteiger partial charge is 0.353 e. The van der Waals surface area contributed by atoms with E-state index in [9.17, 15) is 0 Å². The molecule has 0 bridgehead atoms.